The average molecular weight is 271 g/mol. The maximum absolute atomic E-state index is 12.3. The Morgan fingerprint density at radius 1 is 1.20 bits per heavy atom. The lowest BCUT2D eigenvalue weighted by atomic mass is 9.90. The minimum absolute atomic E-state index is 0.219. The fraction of sp³-hybridized carbons (Fsp3) is 0.471. The van der Waals surface area contributed by atoms with Crippen molar-refractivity contribution in [1.29, 1.82) is 0 Å². The number of hydrogen-bond acceptors (Lipinski definition) is 2. The van der Waals surface area contributed by atoms with E-state index < -0.39 is 0 Å². The van der Waals surface area contributed by atoms with Crippen LogP contribution in [0.1, 0.15) is 19.3 Å². The largest absolute Gasteiger partial charge is 0.493 e. The average Bonchev–Trinajstić information content (AvgIpc) is 2.47. The molecule has 3 heteroatoms. The number of hydrogen-bond donors (Lipinski definition) is 0. The molecule has 0 N–H and O–H groups in total. The summed E-state index contributed by atoms with van der Waals surface area (Å²) < 4.78 is 5.73. The topological polar surface area (TPSA) is 29.5 Å². The first-order chi connectivity index (χ1) is 9.83. The van der Waals surface area contributed by atoms with Crippen LogP contribution in [-0.2, 0) is 4.79 Å². The summed E-state index contributed by atoms with van der Waals surface area (Å²) >= 11 is 0. The molecule has 0 bridgehead atoms. The number of benzene rings is 1. The Morgan fingerprint density at radius 3 is 2.70 bits per heavy atom. The van der Waals surface area contributed by atoms with Crippen molar-refractivity contribution in [3.63, 3.8) is 0 Å². The SMILES string of the molecule is O=C([C@H]1CC=CCC1)N1CC(COc2ccccc2)C1. The Labute approximate surface area is 120 Å². The molecule has 1 aromatic rings. The van der Waals surface area contributed by atoms with Gasteiger partial charge >= 0.3 is 0 Å². The smallest absolute Gasteiger partial charge is 0.226 e. The van der Waals surface area contributed by atoms with E-state index in [1.807, 2.05) is 35.2 Å². The molecule has 1 aliphatic heterocycles. The van der Waals surface area contributed by atoms with Crippen LogP contribution in [0.15, 0.2) is 42.5 Å². The first kappa shape index (κ1) is 13.2. The molecule has 1 fully saturated rings. The summed E-state index contributed by atoms with van der Waals surface area (Å²) in [5.41, 5.74) is 0. The second kappa shape index (κ2) is 6.12. The number of likely N-dealkylation sites (tertiary alicyclic amines) is 1. The van der Waals surface area contributed by atoms with Crippen LogP contribution in [0.5, 0.6) is 5.75 Å². The van der Waals surface area contributed by atoms with Crippen LogP contribution in [-0.4, -0.2) is 30.5 Å². The predicted octanol–water partition coefficient (Wildman–Crippen LogP) is 2.88. The number of allylic oxidation sites excluding steroid dienone is 2. The highest BCUT2D eigenvalue weighted by molar-refractivity contribution is 5.80. The molecule has 0 spiro atoms. The van der Waals surface area contributed by atoms with Crippen molar-refractivity contribution in [1.82, 2.24) is 4.90 Å². The van der Waals surface area contributed by atoms with Gasteiger partial charge in [0.1, 0.15) is 5.75 Å². The number of rotatable bonds is 4. The van der Waals surface area contributed by atoms with Crippen molar-refractivity contribution < 1.29 is 9.53 Å². The second-order valence-corrected chi connectivity index (χ2v) is 5.71. The van der Waals surface area contributed by atoms with Gasteiger partial charge in [0.25, 0.3) is 0 Å². The standard InChI is InChI=1S/C17H21NO2/c19-17(15-7-3-1-4-8-15)18-11-14(12-18)13-20-16-9-5-2-6-10-16/h1-3,5-6,9-10,14-15H,4,7-8,11-13H2/t15-/m0/s1. The van der Waals surface area contributed by atoms with Crippen LogP contribution in [0.25, 0.3) is 0 Å². The minimum atomic E-state index is 0.219. The zero-order valence-electron chi connectivity index (χ0n) is 11.7. The van der Waals surface area contributed by atoms with Crippen LogP contribution in [0.3, 0.4) is 0 Å². The Hall–Kier alpha value is -1.77. The number of nitrogens with zero attached hydrogens (tertiary/aromatic N) is 1. The van der Waals surface area contributed by atoms with Gasteiger partial charge in [-0.1, -0.05) is 30.4 Å². The fourth-order valence-electron chi connectivity index (χ4n) is 2.86. The van der Waals surface area contributed by atoms with Crippen LogP contribution in [0, 0.1) is 11.8 Å². The normalized spacial score (nSPS) is 22.4. The van der Waals surface area contributed by atoms with E-state index in [1.165, 1.54) is 0 Å². The molecule has 2 aliphatic rings. The van der Waals surface area contributed by atoms with E-state index in [9.17, 15) is 4.79 Å². The predicted molar refractivity (Wildman–Crippen MR) is 78.5 cm³/mol. The van der Waals surface area contributed by atoms with Gasteiger partial charge in [-0.05, 0) is 31.4 Å². The summed E-state index contributed by atoms with van der Waals surface area (Å²) in [6.45, 7) is 2.41. The van der Waals surface area contributed by atoms with E-state index >= 15 is 0 Å². The van der Waals surface area contributed by atoms with E-state index in [-0.39, 0.29) is 5.92 Å². The monoisotopic (exact) mass is 271 g/mol. The Morgan fingerprint density at radius 2 is 2.00 bits per heavy atom. The number of ether oxygens (including phenoxy) is 1. The molecule has 1 atom stereocenters. The third kappa shape index (κ3) is 3.03. The van der Waals surface area contributed by atoms with Crippen molar-refractivity contribution in [2.24, 2.45) is 11.8 Å². The van der Waals surface area contributed by atoms with Gasteiger partial charge in [-0.3, -0.25) is 4.79 Å². The van der Waals surface area contributed by atoms with Crippen LogP contribution >= 0.6 is 0 Å². The molecule has 1 heterocycles. The number of carbonyl (C=O) groups excluding carboxylic acids is 1. The van der Waals surface area contributed by atoms with E-state index in [4.69, 9.17) is 4.74 Å². The quantitative estimate of drug-likeness (QED) is 0.788. The molecule has 0 unspecified atom stereocenters. The third-order valence-electron chi connectivity index (χ3n) is 4.12. The van der Waals surface area contributed by atoms with Crippen LogP contribution < -0.4 is 4.74 Å². The molecule has 0 radical (unpaired) electrons. The van der Waals surface area contributed by atoms with Crippen LogP contribution in [0.4, 0.5) is 0 Å². The summed E-state index contributed by atoms with van der Waals surface area (Å²) in [7, 11) is 0. The van der Waals surface area contributed by atoms with Crippen molar-refractivity contribution in [2.75, 3.05) is 19.7 Å². The molecule has 3 rings (SSSR count). The van der Waals surface area contributed by atoms with E-state index in [0.29, 0.717) is 18.4 Å². The van der Waals surface area contributed by atoms with E-state index in [1.54, 1.807) is 0 Å². The first-order valence-electron chi connectivity index (χ1n) is 7.44. The fourth-order valence-corrected chi connectivity index (χ4v) is 2.86. The second-order valence-electron chi connectivity index (χ2n) is 5.71. The van der Waals surface area contributed by atoms with Crippen molar-refractivity contribution >= 4 is 5.91 Å². The zero-order chi connectivity index (χ0) is 13.8. The lowest BCUT2D eigenvalue weighted by Gasteiger charge is -2.41. The molecule has 1 aliphatic carbocycles. The molecule has 1 aromatic carbocycles. The van der Waals surface area contributed by atoms with E-state index in [0.717, 1.165) is 38.1 Å². The Balaban J connectivity index is 1.40. The van der Waals surface area contributed by atoms with Gasteiger partial charge in [-0.2, -0.15) is 0 Å². The van der Waals surface area contributed by atoms with Gasteiger partial charge in [0, 0.05) is 24.9 Å². The van der Waals surface area contributed by atoms with Crippen molar-refractivity contribution in [3.8, 4) is 5.75 Å². The molecule has 3 nitrogen and oxygen atoms in total. The number of amides is 1. The molecule has 20 heavy (non-hydrogen) atoms. The van der Waals surface area contributed by atoms with E-state index in [2.05, 4.69) is 12.2 Å². The van der Waals surface area contributed by atoms with Gasteiger partial charge in [0.2, 0.25) is 5.91 Å². The lowest BCUT2D eigenvalue weighted by Crippen LogP contribution is -2.53. The summed E-state index contributed by atoms with van der Waals surface area (Å²) in [4.78, 5) is 14.2. The molecular weight excluding hydrogens is 250 g/mol. The van der Waals surface area contributed by atoms with Crippen LogP contribution in [0.2, 0.25) is 0 Å². The lowest BCUT2D eigenvalue weighted by molar-refractivity contribution is -0.143. The van der Waals surface area contributed by atoms with Gasteiger partial charge in [0.15, 0.2) is 0 Å². The summed E-state index contributed by atoms with van der Waals surface area (Å²) in [6, 6.07) is 9.87. The van der Waals surface area contributed by atoms with Gasteiger partial charge in [-0.15, -0.1) is 0 Å². The summed E-state index contributed by atoms with van der Waals surface area (Å²) in [5, 5.41) is 0. The number of carbonyl (C=O) groups is 1. The minimum Gasteiger partial charge on any atom is -0.493 e. The van der Waals surface area contributed by atoms with Gasteiger partial charge in [0.05, 0.1) is 6.61 Å². The van der Waals surface area contributed by atoms with Gasteiger partial charge in [-0.25, -0.2) is 0 Å². The molecular formula is C17H21NO2. The Kier molecular flexibility index (Phi) is 4.05. The maximum Gasteiger partial charge on any atom is 0.226 e. The third-order valence-corrected chi connectivity index (χ3v) is 4.12. The maximum atomic E-state index is 12.3. The zero-order valence-corrected chi connectivity index (χ0v) is 11.7. The molecule has 1 amide bonds. The summed E-state index contributed by atoms with van der Waals surface area (Å²) in [5.74, 6) is 1.95. The summed E-state index contributed by atoms with van der Waals surface area (Å²) in [6.07, 6.45) is 7.29. The van der Waals surface area contributed by atoms with Crippen molar-refractivity contribution in [2.45, 2.75) is 19.3 Å². The van der Waals surface area contributed by atoms with Crippen molar-refractivity contribution in [3.05, 3.63) is 42.5 Å². The molecule has 0 saturated carbocycles. The Bertz CT molecular complexity index is 477. The molecule has 0 aromatic heterocycles. The van der Waals surface area contributed by atoms with Gasteiger partial charge < -0.3 is 9.64 Å². The molecule has 106 valence electrons. The first-order valence-corrected chi connectivity index (χ1v) is 7.44. The highest BCUT2D eigenvalue weighted by Gasteiger charge is 2.34. The molecule has 1 saturated heterocycles. The highest BCUT2D eigenvalue weighted by Crippen LogP contribution is 2.25. The highest BCUT2D eigenvalue weighted by atomic mass is 16.5. The number of para-hydroxylation sites is 1.